The lowest BCUT2D eigenvalue weighted by atomic mass is 9.75. The molecule has 0 aromatic carbocycles. The molecule has 2 heterocycles. The standard InChI is InChI=1S/C42H63N5O3S/c1-10-14-16-28(12-3)25-46(26-29(13-4)17-15-11-2)40-44-36(41(6,7)8)35(51-40)21-33-27(5)34(24-43)38(49)47(37(33)48)45(9)39(50)42-22-30-18-31(23-42)20-32(42)19-30/h21,28-32H,10-20,22-23,25-26H2,1-9H3/b33-21-. The number of rotatable bonds is 16. The van der Waals surface area contributed by atoms with Crippen LogP contribution in [0.1, 0.15) is 149 Å². The lowest BCUT2D eigenvalue weighted by Gasteiger charge is -2.40. The summed E-state index contributed by atoms with van der Waals surface area (Å²) >= 11 is 1.60. The maximum Gasteiger partial charge on any atom is 0.290 e. The van der Waals surface area contributed by atoms with Crippen LogP contribution in [0.2, 0.25) is 0 Å². The molecule has 4 aliphatic carbocycles. The second kappa shape index (κ2) is 15.9. The van der Waals surface area contributed by atoms with Crippen molar-refractivity contribution in [1.82, 2.24) is 15.0 Å². The third kappa shape index (κ3) is 7.73. The molecule has 51 heavy (non-hydrogen) atoms. The highest BCUT2D eigenvalue weighted by molar-refractivity contribution is 7.16. The molecule has 4 atom stereocenters. The van der Waals surface area contributed by atoms with Gasteiger partial charge in [-0.3, -0.25) is 14.4 Å². The number of hydrogen-bond acceptors (Lipinski definition) is 7. The predicted molar refractivity (Wildman–Crippen MR) is 207 cm³/mol. The molecular weight excluding hydrogens is 655 g/mol. The van der Waals surface area contributed by atoms with Crippen LogP contribution in [0.15, 0.2) is 16.7 Å². The predicted octanol–water partition coefficient (Wildman–Crippen LogP) is 9.47. The van der Waals surface area contributed by atoms with Gasteiger partial charge in [0.25, 0.3) is 11.8 Å². The molecule has 6 rings (SSSR count). The third-order valence-electron chi connectivity index (χ3n) is 12.7. The molecule has 4 unspecified atom stereocenters. The summed E-state index contributed by atoms with van der Waals surface area (Å²) in [5.74, 6) is 1.13. The van der Waals surface area contributed by atoms with Crippen LogP contribution in [0.3, 0.4) is 0 Å². The van der Waals surface area contributed by atoms with E-state index in [4.69, 9.17) is 4.98 Å². The van der Waals surface area contributed by atoms with Gasteiger partial charge < -0.3 is 4.90 Å². The van der Waals surface area contributed by atoms with Crippen molar-refractivity contribution in [3.63, 3.8) is 0 Å². The number of hydrogen-bond donors (Lipinski definition) is 0. The van der Waals surface area contributed by atoms with Crippen LogP contribution >= 0.6 is 11.3 Å². The van der Waals surface area contributed by atoms with Gasteiger partial charge >= 0.3 is 0 Å². The molecule has 1 aromatic rings. The highest BCUT2D eigenvalue weighted by atomic mass is 32.1. The average molecular weight is 718 g/mol. The molecule has 8 nitrogen and oxygen atoms in total. The fourth-order valence-electron chi connectivity index (χ4n) is 9.81. The number of anilines is 1. The van der Waals surface area contributed by atoms with E-state index in [0.29, 0.717) is 35.2 Å². The summed E-state index contributed by atoms with van der Waals surface area (Å²) in [4.78, 5) is 51.3. The maximum absolute atomic E-state index is 14.5. The van der Waals surface area contributed by atoms with E-state index < -0.39 is 17.2 Å². The summed E-state index contributed by atoms with van der Waals surface area (Å²) in [5, 5.41) is 13.4. The zero-order valence-electron chi connectivity index (χ0n) is 32.9. The first-order valence-electron chi connectivity index (χ1n) is 20.0. The van der Waals surface area contributed by atoms with Crippen LogP contribution in [0, 0.1) is 46.3 Å². The van der Waals surface area contributed by atoms with E-state index >= 15 is 0 Å². The van der Waals surface area contributed by atoms with Crippen molar-refractivity contribution in [3.8, 4) is 6.07 Å². The van der Waals surface area contributed by atoms with Gasteiger partial charge in [0.05, 0.1) is 16.0 Å². The second-order valence-corrected chi connectivity index (χ2v) is 18.3. The summed E-state index contributed by atoms with van der Waals surface area (Å²) in [6.07, 6.45) is 16.2. The number of thiazole rings is 1. The topological polar surface area (TPSA) is 97.6 Å². The summed E-state index contributed by atoms with van der Waals surface area (Å²) in [7, 11) is 1.55. The van der Waals surface area contributed by atoms with E-state index in [1.165, 1.54) is 50.0 Å². The summed E-state index contributed by atoms with van der Waals surface area (Å²) in [6, 6.07) is 2.09. The lowest BCUT2D eigenvalue weighted by Crippen LogP contribution is -2.57. The Kier molecular flexibility index (Phi) is 12.3. The third-order valence-corrected chi connectivity index (χ3v) is 13.7. The monoisotopic (exact) mass is 717 g/mol. The van der Waals surface area contributed by atoms with Gasteiger partial charge in [0.15, 0.2) is 5.13 Å². The zero-order valence-corrected chi connectivity index (χ0v) is 33.8. The van der Waals surface area contributed by atoms with Crippen LogP contribution in [0.4, 0.5) is 5.13 Å². The van der Waals surface area contributed by atoms with Gasteiger partial charge in [-0.05, 0) is 93.1 Å². The molecule has 0 N–H and O–H groups in total. The molecule has 4 fully saturated rings. The van der Waals surface area contributed by atoms with Crippen LogP contribution in [-0.4, -0.2) is 52.9 Å². The molecule has 5 aliphatic rings. The van der Waals surface area contributed by atoms with Gasteiger partial charge in [-0.1, -0.05) is 98.3 Å². The summed E-state index contributed by atoms with van der Waals surface area (Å²) < 4.78 is 0. The molecule has 280 valence electrons. The summed E-state index contributed by atoms with van der Waals surface area (Å²) in [6.45, 7) is 19.1. The number of aromatic nitrogens is 1. The molecular formula is C42H63N5O3S. The molecule has 0 radical (unpaired) electrons. The fraction of sp³-hybridized carbons (Fsp3) is 0.738. The Morgan fingerprint density at radius 1 is 1.00 bits per heavy atom. The Bertz CT molecular complexity index is 1540. The number of carbonyl (C=O) groups is 3. The van der Waals surface area contributed by atoms with Gasteiger partial charge in [0, 0.05) is 31.1 Å². The molecule has 0 spiro atoms. The number of carbonyl (C=O) groups excluding carboxylic acids is 3. The van der Waals surface area contributed by atoms with Gasteiger partial charge in [0.2, 0.25) is 5.91 Å². The first-order chi connectivity index (χ1) is 24.2. The van der Waals surface area contributed by atoms with E-state index in [2.05, 4.69) is 59.4 Å². The Morgan fingerprint density at radius 2 is 1.57 bits per heavy atom. The van der Waals surface area contributed by atoms with E-state index in [1.54, 1.807) is 25.3 Å². The smallest absolute Gasteiger partial charge is 0.290 e. The number of imide groups is 1. The number of amides is 3. The van der Waals surface area contributed by atoms with Crippen molar-refractivity contribution in [3.05, 3.63) is 27.3 Å². The van der Waals surface area contributed by atoms with Crippen molar-refractivity contribution in [2.24, 2.45) is 35.0 Å². The van der Waals surface area contributed by atoms with Crippen LogP contribution in [0.25, 0.3) is 6.08 Å². The van der Waals surface area contributed by atoms with Crippen LogP contribution in [0.5, 0.6) is 0 Å². The quantitative estimate of drug-likeness (QED) is 0.125. The van der Waals surface area contributed by atoms with Crippen molar-refractivity contribution in [1.29, 1.82) is 5.26 Å². The van der Waals surface area contributed by atoms with Crippen molar-refractivity contribution >= 4 is 40.3 Å². The highest BCUT2D eigenvalue weighted by Crippen LogP contribution is 2.66. The minimum atomic E-state index is -0.718. The van der Waals surface area contributed by atoms with Gasteiger partial charge in [0.1, 0.15) is 11.6 Å². The average Bonchev–Trinajstić information content (AvgIpc) is 3.72. The number of nitrogens with zero attached hydrogens (tertiary/aromatic N) is 5. The summed E-state index contributed by atoms with van der Waals surface area (Å²) in [5.41, 5.74) is 0.603. The van der Waals surface area contributed by atoms with E-state index in [1.807, 2.05) is 6.08 Å². The number of hydrazine groups is 1. The Labute approximate surface area is 311 Å². The first-order valence-corrected chi connectivity index (χ1v) is 20.8. The van der Waals surface area contributed by atoms with Crippen molar-refractivity contribution in [2.45, 2.75) is 144 Å². The van der Waals surface area contributed by atoms with Crippen LogP contribution in [-0.2, 0) is 19.8 Å². The van der Waals surface area contributed by atoms with Crippen LogP contribution < -0.4 is 4.90 Å². The largest absolute Gasteiger partial charge is 0.348 e. The second-order valence-electron chi connectivity index (χ2n) is 17.3. The van der Waals surface area contributed by atoms with E-state index in [-0.39, 0.29) is 22.5 Å². The number of nitriles is 1. The molecule has 9 heteroatoms. The first kappa shape index (κ1) is 39.2. The SMILES string of the molecule is CCCCC(CC)CN(CC(CC)CCCC)c1nc(C(C)(C)C)c(/C=C2\C(=O)N(N(C)C(=O)C34CC5CC(CC3C5)C4)C(=O)C(C#N)=C2C)s1. The molecule has 4 saturated carbocycles. The zero-order chi connectivity index (χ0) is 37.2. The minimum absolute atomic E-state index is 0.0951. The molecule has 3 amide bonds. The molecule has 0 saturated heterocycles. The lowest BCUT2D eigenvalue weighted by molar-refractivity contribution is -0.173. The highest BCUT2D eigenvalue weighted by Gasteiger charge is 2.63. The van der Waals surface area contributed by atoms with Gasteiger partial charge in [-0.2, -0.15) is 10.3 Å². The van der Waals surface area contributed by atoms with Gasteiger partial charge in [-0.15, -0.1) is 0 Å². The molecule has 4 bridgehead atoms. The van der Waals surface area contributed by atoms with Crippen molar-refractivity contribution < 1.29 is 14.4 Å². The normalized spacial score (nSPS) is 26.3. The fourth-order valence-corrected chi connectivity index (χ4v) is 11.0. The molecule has 1 aromatic heterocycles. The Hall–Kier alpha value is -2.99. The van der Waals surface area contributed by atoms with Gasteiger partial charge in [-0.25, -0.2) is 9.99 Å². The Morgan fingerprint density at radius 3 is 2.06 bits per heavy atom. The molecule has 1 aliphatic heterocycles. The van der Waals surface area contributed by atoms with Crippen molar-refractivity contribution in [2.75, 3.05) is 25.0 Å². The number of unbranched alkanes of at least 4 members (excludes halogenated alkanes) is 2. The minimum Gasteiger partial charge on any atom is -0.348 e. The maximum atomic E-state index is 14.5. The van der Waals surface area contributed by atoms with E-state index in [0.717, 1.165) is 72.3 Å². The van der Waals surface area contributed by atoms with E-state index in [9.17, 15) is 19.6 Å². The Balaban J connectivity index is 1.54.